The third kappa shape index (κ3) is 7.20. The maximum atomic E-state index is 12.0. The van der Waals surface area contributed by atoms with Gasteiger partial charge in [-0.05, 0) is 50.0 Å². The number of anilines is 1. The summed E-state index contributed by atoms with van der Waals surface area (Å²) < 4.78 is 4.88. The summed E-state index contributed by atoms with van der Waals surface area (Å²) in [5.74, 6) is 0.288. The molecule has 0 bridgehead atoms. The summed E-state index contributed by atoms with van der Waals surface area (Å²) in [4.78, 5) is 24.0. The molecule has 140 valence electrons. The molecular weight excluding hydrogens is 365 g/mol. The van der Waals surface area contributed by atoms with Gasteiger partial charge in [-0.25, -0.2) is 0 Å². The maximum absolute atomic E-state index is 12.0. The lowest BCUT2D eigenvalue weighted by Gasteiger charge is -2.11. The van der Waals surface area contributed by atoms with Gasteiger partial charge in [0.1, 0.15) is 0 Å². The predicted octanol–water partition coefficient (Wildman–Crippen LogP) is 2.47. The summed E-state index contributed by atoms with van der Waals surface area (Å²) >= 11 is 6.15. The van der Waals surface area contributed by atoms with Crippen LogP contribution in [0.5, 0.6) is 0 Å². The van der Waals surface area contributed by atoms with Gasteiger partial charge < -0.3 is 20.7 Å². The molecule has 1 aliphatic heterocycles. The third-order valence-electron chi connectivity index (χ3n) is 4.03. The van der Waals surface area contributed by atoms with Crippen molar-refractivity contribution in [3.63, 3.8) is 0 Å². The monoisotopic (exact) mass is 389 g/mol. The minimum atomic E-state index is -0.261. The molecule has 1 unspecified atom stereocenters. The summed E-state index contributed by atoms with van der Waals surface area (Å²) in [5, 5.41) is 9.14. The van der Waals surface area contributed by atoms with Crippen molar-refractivity contribution in [2.75, 3.05) is 38.7 Å². The van der Waals surface area contributed by atoms with Crippen molar-refractivity contribution in [3.8, 4) is 0 Å². The molecule has 1 aliphatic rings. The molecule has 25 heavy (non-hydrogen) atoms. The first-order valence-electron chi connectivity index (χ1n) is 8.17. The lowest BCUT2D eigenvalue weighted by atomic mass is 10.0. The van der Waals surface area contributed by atoms with Crippen LogP contribution in [0, 0.1) is 5.92 Å². The Morgan fingerprint density at radius 2 is 2.20 bits per heavy atom. The quantitative estimate of drug-likeness (QED) is 0.596. The summed E-state index contributed by atoms with van der Waals surface area (Å²) in [6.07, 6.45) is 2.50. The van der Waals surface area contributed by atoms with Gasteiger partial charge in [-0.1, -0.05) is 11.6 Å². The Morgan fingerprint density at radius 1 is 1.40 bits per heavy atom. The number of methoxy groups -OCH3 is 1. The maximum Gasteiger partial charge on any atom is 0.252 e. The molecule has 0 saturated carbocycles. The molecule has 1 fully saturated rings. The lowest BCUT2D eigenvalue weighted by molar-refractivity contribution is -0.116. The zero-order chi connectivity index (χ0) is 17.4. The van der Waals surface area contributed by atoms with Crippen LogP contribution in [-0.4, -0.2) is 45.2 Å². The van der Waals surface area contributed by atoms with Crippen LogP contribution < -0.4 is 16.0 Å². The van der Waals surface area contributed by atoms with Gasteiger partial charge in [-0.3, -0.25) is 9.59 Å². The minimum Gasteiger partial charge on any atom is -0.383 e. The van der Waals surface area contributed by atoms with Crippen molar-refractivity contribution in [1.82, 2.24) is 10.6 Å². The highest BCUT2D eigenvalue weighted by molar-refractivity contribution is 6.34. The fourth-order valence-electron chi connectivity index (χ4n) is 2.66. The number of halogens is 2. The topological polar surface area (TPSA) is 79.5 Å². The second kappa shape index (κ2) is 11.3. The van der Waals surface area contributed by atoms with Crippen molar-refractivity contribution < 1.29 is 14.3 Å². The zero-order valence-electron chi connectivity index (χ0n) is 14.3. The van der Waals surface area contributed by atoms with Gasteiger partial charge >= 0.3 is 0 Å². The first-order chi connectivity index (χ1) is 11.6. The molecule has 0 aliphatic carbocycles. The number of rotatable bonds is 8. The van der Waals surface area contributed by atoms with E-state index in [2.05, 4.69) is 16.0 Å². The van der Waals surface area contributed by atoms with Crippen LogP contribution >= 0.6 is 24.0 Å². The van der Waals surface area contributed by atoms with E-state index in [-0.39, 0.29) is 24.2 Å². The van der Waals surface area contributed by atoms with Crippen LogP contribution in [-0.2, 0) is 9.53 Å². The Bertz CT molecular complexity index is 578. The lowest BCUT2D eigenvalue weighted by Crippen LogP contribution is -2.27. The van der Waals surface area contributed by atoms with Crippen LogP contribution in [0.25, 0.3) is 0 Å². The highest BCUT2D eigenvalue weighted by Crippen LogP contribution is 2.22. The number of ether oxygens (including phenoxy) is 1. The van der Waals surface area contributed by atoms with Crippen molar-refractivity contribution in [3.05, 3.63) is 28.8 Å². The van der Waals surface area contributed by atoms with Crippen LogP contribution in [0.4, 0.5) is 5.69 Å². The van der Waals surface area contributed by atoms with E-state index in [1.54, 1.807) is 25.3 Å². The average Bonchev–Trinajstić information content (AvgIpc) is 3.06. The Hall–Kier alpha value is -1.34. The largest absolute Gasteiger partial charge is 0.383 e. The van der Waals surface area contributed by atoms with Gasteiger partial charge in [0.15, 0.2) is 0 Å². The molecule has 1 aromatic carbocycles. The van der Waals surface area contributed by atoms with Gasteiger partial charge in [-0.15, -0.1) is 12.4 Å². The molecule has 3 N–H and O–H groups in total. The van der Waals surface area contributed by atoms with Gasteiger partial charge in [-0.2, -0.15) is 0 Å². The Morgan fingerprint density at radius 3 is 2.84 bits per heavy atom. The van der Waals surface area contributed by atoms with E-state index < -0.39 is 0 Å². The second-order valence-electron chi connectivity index (χ2n) is 5.89. The van der Waals surface area contributed by atoms with E-state index in [0.717, 1.165) is 25.9 Å². The smallest absolute Gasteiger partial charge is 0.252 e. The molecule has 2 amide bonds. The number of carbonyl (C=O) groups excluding carboxylic acids is 2. The minimum absolute atomic E-state index is 0. The first kappa shape index (κ1) is 21.7. The van der Waals surface area contributed by atoms with Gasteiger partial charge in [0.2, 0.25) is 5.91 Å². The van der Waals surface area contributed by atoms with E-state index in [9.17, 15) is 9.59 Å². The van der Waals surface area contributed by atoms with Crippen LogP contribution in [0.3, 0.4) is 0 Å². The normalized spacial score (nSPS) is 16.2. The average molecular weight is 390 g/mol. The molecule has 1 heterocycles. The molecule has 6 nitrogen and oxygen atoms in total. The molecular formula is C17H25Cl2N3O3. The number of benzene rings is 1. The molecule has 0 spiro atoms. The number of nitrogens with one attached hydrogen (secondary N) is 3. The van der Waals surface area contributed by atoms with E-state index in [1.165, 1.54) is 0 Å². The van der Waals surface area contributed by atoms with Crippen LogP contribution in [0.2, 0.25) is 5.02 Å². The second-order valence-corrected chi connectivity index (χ2v) is 6.30. The number of hydrogen-bond acceptors (Lipinski definition) is 4. The number of carbonyl (C=O) groups is 2. The van der Waals surface area contributed by atoms with Gasteiger partial charge in [0.25, 0.3) is 5.91 Å². The summed E-state index contributed by atoms with van der Waals surface area (Å²) in [6.45, 7) is 2.88. The fraction of sp³-hybridized carbons (Fsp3) is 0.529. The molecule has 0 aromatic heterocycles. The highest BCUT2D eigenvalue weighted by atomic mass is 35.5. The zero-order valence-corrected chi connectivity index (χ0v) is 15.8. The SMILES string of the molecule is COCCNC(=O)c1ccc(NC(=O)CCC2CCNC2)cc1Cl.Cl. The first-order valence-corrected chi connectivity index (χ1v) is 8.55. The predicted molar refractivity (Wildman–Crippen MR) is 102 cm³/mol. The number of hydrogen-bond donors (Lipinski definition) is 3. The fourth-order valence-corrected chi connectivity index (χ4v) is 2.92. The molecule has 1 saturated heterocycles. The molecule has 1 aromatic rings. The van der Waals surface area contributed by atoms with Crippen molar-refractivity contribution in [2.24, 2.45) is 5.92 Å². The van der Waals surface area contributed by atoms with Crippen molar-refractivity contribution in [2.45, 2.75) is 19.3 Å². The Kier molecular flexibility index (Phi) is 9.82. The molecule has 1 atom stereocenters. The van der Waals surface area contributed by atoms with Crippen LogP contribution in [0.15, 0.2) is 18.2 Å². The van der Waals surface area contributed by atoms with E-state index in [1.807, 2.05) is 0 Å². The summed E-state index contributed by atoms with van der Waals surface area (Å²) in [7, 11) is 1.57. The summed E-state index contributed by atoms with van der Waals surface area (Å²) in [6, 6.07) is 4.90. The Labute approximate surface area is 159 Å². The van der Waals surface area contributed by atoms with Crippen molar-refractivity contribution >= 4 is 41.5 Å². The van der Waals surface area contributed by atoms with E-state index in [4.69, 9.17) is 16.3 Å². The summed E-state index contributed by atoms with van der Waals surface area (Å²) in [5.41, 5.74) is 0.978. The van der Waals surface area contributed by atoms with Crippen LogP contribution in [0.1, 0.15) is 29.6 Å². The Balaban J connectivity index is 0.00000312. The molecule has 0 radical (unpaired) electrons. The third-order valence-corrected chi connectivity index (χ3v) is 4.34. The van der Waals surface area contributed by atoms with Crippen molar-refractivity contribution in [1.29, 1.82) is 0 Å². The standard InChI is InChI=1S/C17H24ClN3O3.ClH/c1-24-9-8-20-17(23)14-4-3-13(10-15(14)18)21-16(22)5-2-12-6-7-19-11-12;/h3-4,10,12,19H,2,5-9,11H2,1H3,(H,20,23)(H,21,22);1H. The van der Waals surface area contributed by atoms with Gasteiger partial charge in [0, 0.05) is 25.8 Å². The number of amides is 2. The molecule has 2 rings (SSSR count). The van der Waals surface area contributed by atoms with E-state index in [0.29, 0.717) is 41.8 Å². The molecule has 8 heteroatoms. The van der Waals surface area contributed by atoms with E-state index >= 15 is 0 Å². The highest BCUT2D eigenvalue weighted by Gasteiger charge is 2.16. The van der Waals surface area contributed by atoms with Gasteiger partial charge in [0.05, 0.1) is 17.2 Å².